The average molecular weight is 461 g/mol. The molecule has 2 aromatic rings. The Morgan fingerprint density at radius 2 is 1.71 bits per heavy atom. The molecule has 0 N–H and O–H groups in total. The maximum absolute atomic E-state index is 6.49. The molecule has 34 heavy (non-hydrogen) atoms. The van der Waals surface area contributed by atoms with E-state index in [0.29, 0.717) is 10.8 Å². The van der Waals surface area contributed by atoms with Crippen LogP contribution in [0, 0.1) is 52.3 Å². The number of furan rings is 1. The Balaban J connectivity index is 1.23. The molecule has 8 atom stereocenters. The summed E-state index contributed by atoms with van der Waals surface area (Å²) in [5.41, 5.74) is 3.70. The van der Waals surface area contributed by atoms with Gasteiger partial charge in [0.2, 0.25) is 0 Å². The summed E-state index contributed by atoms with van der Waals surface area (Å²) >= 11 is 0. The fraction of sp³-hybridized carbons (Fsp3) is 0.758. The second kappa shape index (κ2) is 8.41. The largest absolute Gasteiger partial charge is 0.461 e. The van der Waals surface area contributed by atoms with Gasteiger partial charge in [0, 0.05) is 17.4 Å². The van der Waals surface area contributed by atoms with Crippen LogP contribution in [-0.4, -0.2) is 0 Å². The molecule has 0 spiro atoms. The summed E-state index contributed by atoms with van der Waals surface area (Å²) < 4.78 is 6.49. The molecule has 1 heteroatoms. The van der Waals surface area contributed by atoms with E-state index in [9.17, 15) is 0 Å². The Morgan fingerprint density at radius 3 is 2.53 bits per heavy atom. The van der Waals surface area contributed by atoms with Gasteiger partial charge in [0.1, 0.15) is 11.3 Å². The Kier molecular flexibility index (Phi) is 5.74. The van der Waals surface area contributed by atoms with Crippen LogP contribution >= 0.6 is 0 Å². The Morgan fingerprint density at radius 1 is 0.912 bits per heavy atom. The number of para-hydroxylation sites is 1. The fourth-order valence-electron chi connectivity index (χ4n) is 10.3. The molecule has 0 aliphatic heterocycles. The van der Waals surface area contributed by atoms with Crippen molar-refractivity contribution in [2.75, 3.05) is 0 Å². The normalized spacial score (nSPS) is 40.0. The van der Waals surface area contributed by atoms with Crippen molar-refractivity contribution in [1.82, 2.24) is 0 Å². The zero-order valence-electron chi connectivity index (χ0n) is 22.5. The molecular weight excluding hydrogens is 412 g/mol. The second-order valence-corrected chi connectivity index (χ2v) is 14.1. The second-order valence-electron chi connectivity index (χ2n) is 14.1. The predicted octanol–water partition coefficient (Wildman–Crippen LogP) is 9.47. The zero-order chi connectivity index (χ0) is 23.7. The molecule has 0 radical (unpaired) electrons. The summed E-state index contributed by atoms with van der Waals surface area (Å²) in [7, 11) is 0. The molecule has 0 bridgehead atoms. The lowest BCUT2D eigenvalue weighted by molar-refractivity contribution is -0.105. The van der Waals surface area contributed by atoms with E-state index in [1.807, 2.05) is 0 Å². The first kappa shape index (κ1) is 23.2. The third-order valence-corrected chi connectivity index (χ3v) is 12.0. The molecule has 1 heterocycles. The van der Waals surface area contributed by atoms with Crippen molar-refractivity contribution in [1.29, 1.82) is 0 Å². The topological polar surface area (TPSA) is 13.1 Å². The number of fused-ring (bicyclic) bond motifs is 8. The average Bonchev–Trinajstić information content (AvgIpc) is 3.33. The summed E-state index contributed by atoms with van der Waals surface area (Å²) in [4.78, 5) is 0. The van der Waals surface area contributed by atoms with E-state index in [-0.39, 0.29) is 0 Å². The van der Waals surface area contributed by atoms with Crippen molar-refractivity contribution in [3.05, 3.63) is 35.6 Å². The van der Waals surface area contributed by atoms with Crippen LogP contribution in [0.3, 0.4) is 0 Å². The smallest absolute Gasteiger partial charge is 0.134 e. The van der Waals surface area contributed by atoms with Gasteiger partial charge in [-0.05, 0) is 103 Å². The van der Waals surface area contributed by atoms with Crippen molar-refractivity contribution in [2.24, 2.45) is 52.3 Å². The molecule has 0 saturated heterocycles. The van der Waals surface area contributed by atoms with Gasteiger partial charge in [0.05, 0.1) is 0 Å². The van der Waals surface area contributed by atoms with Crippen LogP contribution in [0.1, 0.15) is 104 Å². The highest BCUT2D eigenvalue weighted by Crippen LogP contribution is 2.68. The van der Waals surface area contributed by atoms with Gasteiger partial charge >= 0.3 is 0 Å². The van der Waals surface area contributed by atoms with Gasteiger partial charge in [-0.1, -0.05) is 72.1 Å². The lowest BCUT2D eigenvalue weighted by atomic mass is 9.44. The highest BCUT2D eigenvalue weighted by molar-refractivity contribution is 5.82. The molecule has 1 aromatic heterocycles. The minimum atomic E-state index is 0.437. The Labute approximate surface area is 208 Å². The maximum atomic E-state index is 6.49. The molecule has 0 unspecified atom stereocenters. The summed E-state index contributed by atoms with van der Waals surface area (Å²) in [6, 6.07) is 8.78. The van der Waals surface area contributed by atoms with Crippen LogP contribution in [-0.2, 0) is 12.8 Å². The molecule has 3 fully saturated rings. The first-order chi connectivity index (χ1) is 16.3. The maximum Gasteiger partial charge on any atom is 0.134 e. The monoisotopic (exact) mass is 460 g/mol. The summed E-state index contributed by atoms with van der Waals surface area (Å²) in [6.07, 6.45) is 15.6. The Bertz CT molecular complexity index is 1030. The first-order valence-corrected chi connectivity index (χ1v) is 14.8. The quantitative estimate of drug-likeness (QED) is 0.433. The molecule has 0 amide bonds. The van der Waals surface area contributed by atoms with Crippen LogP contribution < -0.4 is 0 Å². The number of rotatable bonds is 5. The lowest BCUT2D eigenvalue weighted by Crippen LogP contribution is -2.54. The summed E-state index contributed by atoms with van der Waals surface area (Å²) in [6.45, 7) is 12.8. The van der Waals surface area contributed by atoms with Gasteiger partial charge in [-0.3, -0.25) is 0 Å². The third kappa shape index (κ3) is 3.46. The minimum absolute atomic E-state index is 0.437. The highest BCUT2D eigenvalue weighted by atomic mass is 16.3. The lowest BCUT2D eigenvalue weighted by Gasteiger charge is -2.60. The van der Waals surface area contributed by atoms with Gasteiger partial charge in [0.25, 0.3) is 0 Å². The first-order valence-electron chi connectivity index (χ1n) is 14.8. The van der Waals surface area contributed by atoms with Crippen molar-refractivity contribution < 1.29 is 4.42 Å². The highest BCUT2D eigenvalue weighted by Gasteiger charge is 2.60. The van der Waals surface area contributed by atoms with E-state index in [2.05, 4.69) is 58.9 Å². The standard InChI is InChI=1S/C33H48O/c1-21(2)9-8-10-22(3)27-15-16-28-25-14-13-23-19-26-24-11-6-7-12-30(24)34-31(26)20-33(23,5)29(25)17-18-32(27,28)4/h6-7,11-12,21-23,25,27-29H,8-10,13-20H2,1-5H3/t22-,23+,25+,27-,28+,29+,32-,33+/m1/s1. The van der Waals surface area contributed by atoms with E-state index in [0.717, 1.165) is 47.0 Å². The molecule has 1 aromatic carbocycles. The van der Waals surface area contributed by atoms with E-state index in [1.165, 1.54) is 81.8 Å². The summed E-state index contributed by atoms with van der Waals surface area (Å²) in [5, 5.41) is 1.39. The van der Waals surface area contributed by atoms with E-state index in [1.54, 1.807) is 5.56 Å². The number of hydrogen-bond acceptors (Lipinski definition) is 1. The zero-order valence-corrected chi connectivity index (χ0v) is 22.5. The SMILES string of the molecule is CC(C)CCC[C@@H](C)[C@H]1CC[C@H]2[C@@H]3CC[C@H]4Cc5c(oc6ccccc56)C[C@]4(C)[C@H]3CC[C@]12C. The van der Waals surface area contributed by atoms with Crippen molar-refractivity contribution >= 4 is 11.0 Å². The van der Waals surface area contributed by atoms with Crippen LogP contribution in [0.25, 0.3) is 11.0 Å². The van der Waals surface area contributed by atoms with Crippen LogP contribution in [0.15, 0.2) is 28.7 Å². The van der Waals surface area contributed by atoms with E-state index in [4.69, 9.17) is 4.42 Å². The number of hydrogen-bond donors (Lipinski definition) is 0. The summed E-state index contributed by atoms with van der Waals surface area (Å²) in [5.74, 6) is 7.73. The molecular formula is C33H48O. The van der Waals surface area contributed by atoms with E-state index < -0.39 is 0 Å². The van der Waals surface area contributed by atoms with Crippen LogP contribution in [0.5, 0.6) is 0 Å². The van der Waals surface area contributed by atoms with Gasteiger partial charge in [-0.15, -0.1) is 0 Å². The van der Waals surface area contributed by atoms with Crippen LogP contribution in [0.4, 0.5) is 0 Å². The Hall–Kier alpha value is -1.24. The van der Waals surface area contributed by atoms with Crippen molar-refractivity contribution in [3.63, 3.8) is 0 Å². The predicted molar refractivity (Wildman–Crippen MR) is 143 cm³/mol. The minimum Gasteiger partial charge on any atom is -0.461 e. The van der Waals surface area contributed by atoms with E-state index >= 15 is 0 Å². The van der Waals surface area contributed by atoms with Crippen LogP contribution in [0.2, 0.25) is 0 Å². The van der Waals surface area contributed by atoms with Gasteiger partial charge < -0.3 is 4.42 Å². The van der Waals surface area contributed by atoms with Gasteiger partial charge in [-0.25, -0.2) is 0 Å². The fourth-order valence-corrected chi connectivity index (χ4v) is 10.3. The number of benzene rings is 1. The molecule has 186 valence electrons. The molecule has 4 aliphatic carbocycles. The molecule has 4 aliphatic rings. The molecule has 1 nitrogen and oxygen atoms in total. The molecule has 3 saturated carbocycles. The van der Waals surface area contributed by atoms with Gasteiger partial charge in [0.15, 0.2) is 0 Å². The molecule has 6 rings (SSSR count). The van der Waals surface area contributed by atoms with Crippen molar-refractivity contribution in [2.45, 2.75) is 105 Å². The van der Waals surface area contributed by atoms with Crippen molar-refractivity contribution in [3.8, 4) is 0 Å². The van der Waals surface area contributed by atoms with Gasteiger partial charge in [-0.2, -0.15) is 0 Å². The third-order valence-electron chi connectivity index (χ3n) is 12.0.